The minimum absolute atomic E-state index is 0.101. The normalized spacial score (nSPS) is 11.7. The maximum atomic E-state index is 12.8. The molecule has 4 nitrogen and oxygen atoms in total. The predicted molar refractivity (Wildman–Crippen MR) is 110 cm³/mol. The van der Waals surface area contributed by atoms with E-state index in [9.17, 15) is 18.0 Å². The van der Waals surface area contributed by atoms with Gasteiger partial charge in [0.2, 0.25) is 0 Å². The molecule has 0 saturated heterocycles. The second kappa shape index (κ2) is 8.92. The van der Waals surface area contributed by atoms with E-state index >= 15 is 0 Å². The van der Waals surface area contributed by atoms with E-state index in [1.165, 1.54) is 12.1 Å². The quantitative estimate of drug-likeness (QED) is 0.411. The Bertz CT molecular complexity index is 807. The molecule has 0 spiro atoms. The molecule has 146 valence electrons. The fraction of sp³-hybridized carbons (Fsp3) is 0.316. The van der Waals surface area contributed by atoms with Gasteiger partial charge in [0.05, 0.1) is 5.56 Å². The minimum atomic E-state index is -4.46. The van der Waals surface area contributed by atoms with Crippen LogP contribution in [0.4, 0.5) is 24.5 Å². The molecule has 8 heteroatoms. The first-order chi connectivity index (χ1) is 12.6. The number of rotatable bonds is 6. The first-order valence-electron chi connectivity index (χ1n) is 8.31. The Hall–Kier alpha value is -1.81. The number of carbonyl (C=O) groups excluding carboxylic acids is 1. The van der Waals surface area contributed by atoms with Gasteiger partial charge in [-0.25, -0.2) is 3.11 Å². The van der Waals surface area contributed by atoms with E-state index in [0.29, 0.717) is 12.1 Å². The largest absolute Gasteiger partial charge is 0.416 e. The summed E-state index contributed by atoms with van der Waals surface area (Å²) >= 11 is 2.18. The van der Waals surface area contributed by atoms with Crippen LogP contribution in [0.5, 0.6) is 0 Å². The fourth-order valence-corrected chi connectivity index (χ4v) is 2.88. The van der Waals surface area contributed by atoms with E-state index in [0.717, 1.165) is 23.4 Å². The molecule has 0 atom stereocenters. The lowest BCUT2D eigenvalue weighted by atomic mass is 10.1. The van der Waals surface area contributed by atoms with Crippen molar-refractivity contribution in [3.8, 4) is 0 Å². The van der Waals surface area contributed by atoms with E-state index in [1.54, 1.807) is 12.1 Å². The molecule has 1 amide bonds. The van der Waals surface area contributed by atoms with E-state index in [-0.39, 0.29) is 11.7 Å². The summed E-state index contributed by atoms with van der Waals surface area (Å²) in [5, 5.41) is 5.84. The zero-order valence-corrected chi connectivity index (χ0v) is 17.4. The minimum Gasteiger partial charge on any atom is -0.383 e. The molecule has 0 heterocycles. The van der Waals surface area contributed by atoms with Crippen LogP contribution < -0.4 is 10.6 Å². The van der Waals surface area contributed by atoms with Crippen LogP contribution in [0.2, 0.25) is 0 Å². The molecule has 0 aliphatic heterocycles. The fourth-order valence-electron chi connectivity index (χ4n) is 2.51. The van der Waals surface area contributed by atoms with Crippen molar-refractivity contribution in [3.63, 3.8) is 0 Å². The molecule has 0 aliphatic rings. The first-order valence-corrected chi connectivity index (χ1v) is 9.27. The lowest BCUT2D eigenvalue weighted by Gasteiger charge is -2.18. The van der Waals surface area contributed by atoms with E-state index in [1.807, 2.05) is 30.1 Å². The number of benzene rings is 2. The molecule has 0 saturated carbocycles. The Morgan fingerprint density at radius 1 is 1.19 bits per heavy atom. The van der Waals surface area contributed by atoms with Crippen molar-refractivity contribution in [2.75, 3.05) is 17.7 Å². The van der Waals surface area contributed by atoms with Gasteiger partial charge in [-0.2, -0.15) is 13.2 Å². The molecule has 0 aliphatic carbocycles. The van der Waals surface area contributed by atoms with Gasteiger partial charge in [-0.15, -0.1) is 0 Å². The number of hydrogen-bond donors (Lipinski definition) is 2. The lowest BCUT2D eigenvalue weighted by molar-refractivity contribution is -0.137. The zero-order valence-electron chi connectivity index (χ0n) is 15.2. The summed E-state index contributed by atoms with van der Waals surface area (Å²) < 4.78 is 40.5. The van der Waals surface area contributed by atoms with Gasteiger partial charge in [0.25, 0.3) is 5.91 Å². The molecule has 2 aromatic rings. The summed E-state index contributed by atoms with van der Waals surface area (Å²) in [6.07, 6.45) is -4.46. The third-order valence-corrected chi connectivity index (χ3v) is 3.99. The maximum Gasteiger partial charge on any atom is 0.416 e. The summed E-state index contributed by atoms with van der Waals surface area (Å²) in [6.45, 7) is 4.67. The standard InChI is InChI=1S/C19H21F3IN3O/c1-12(2)24-17-9-13(7-8-14(17)11-26(3)23)18(27)25-16-6-4-5-15(10-16)19(20,21)22/h4-10,12,24H,11H2,1-3H3,(H,25,27). The maximum absolute atomic E-state index is 12.8. The average molecular weight is 491 g/mol. The third kappa shape index (κ3) is 6.39. The molecule has 2 rings (SSSR count). The van der Waals surface area contributed by atoms with Crippen LogP contribution in [-0.4, -0.2) is 22.1 Å². The zero-order chi connectivity index (χ0) is 20.2. The van der Waals surface area contributed by atoms with Crippen LogP contribution in [0.1, 0.15) is 35.3 Å². The number of anilines is 2. The summed E-state index contributed by atoms with van der Waals surface area (Å²) in [6, 6.07) is 10.00. The van der Waals surface area contributed by atoms with Crippen LogP contribution in [-0.2, 0) is 12.7 Å². The van der Waals surface area contributed by atoms with Gasteiger partial charge in [0.15, 0.2) is 0 Å². The summed E-state index contributed by atoms with van der Waals surface area (Å²) in [5.41, 5.74) is 1.52. The summed E-state index contributed by atoms with van der Waals surface area (Å²) in [5.74, 6) is -0.462. The molecule has 2 aromatic carbocycles. The Morgan fingerprint density at radius 2 is 1.89 bits per heavy atom. The van der Waals surface area contributed by atoms with Gasteiger partial charge in [-0.1, -0.05) is 12.1 Å². The molecular formula is C19H21F3IN3O. The molecule has 2 N–H and O–H groups in total. The number of nitrogens with zero attached hydrogens (tertiary/aromatic N) is 1. The van der Waals surface area contributed by atoms with E-state index < -0.39 is 17.6 Å². The molecule has 0 unspecified atom stereocenters. The molecule has 0 aromatic heterocycles. The Kier molecular flexibility index (Phi) is 7.10. The van der Waals surface area contributed by atoms with Gasteiger partial charge >= 0.3 is 6.18 Å². The number of nitrogens with one attached hydrogen (secondary N) is 2. The Morgan fingerprint density at radius 3 is 2.48 bits per heavy atom. The van der Waals surface area contributed by atoms with Crippen molar-refractivity contribution in [1.29, 1.82) is 0 Å². The van der Waals surface area contributed by atoms with Gasteiger partial charge < -0.3 is 10.6 Å². The molecular weight excluding hydrogens is 470 g/mol. The number of amides is 1. The highest BCUT2D eigenvalue weighted by Crippen LogP contribution is 2.31. The second-order valence-electron chi connectivity index (χ2n) is 6.47. The van der Waals surface area contributed by atoms with E-state index in [4.69, 9.17) is 0 Å². The number of alkyl halides is 3. The highest BCUT2D eigenvalue weighted by molar-refractivity contribution is 14.1. The molecule has 27 heavy (non-hydrogen) atoms. The average Bonchev–Trinajstić information content (AvgIpc) is 2.55. The topological polar surface area (TPSA) is 44.4 Å². The lowest BCUT2D eigenvalue weighted by Crippen LogP contribution is -2.17. The summed E-state index contributed by atoms with van der Waals surface area (Å²) in [4.78, 5) is 12.5. The van der Waals surface area contributed by atoms with Crippen LogP contribution in [0.3, 0.4) is 0 Å². The Balaban J connectivity index is 2.25. The van der Waals surface area contributed by atoms with Crippen molar-refractivity contribution in [2.45, 2.75) is 32.6 Å². The number of hydrogen-bond acceptors (Lipinski definition) is 3. The third-order valence-electron chi connectivity index (χ3n) is 3.65. The monoisotopic (exact) mass is 491 g/mol. The summed E-state index contributed by atoms with van der Waals surface area (Å²) in [7, 11) is 1.94. The van der Waals surface area contributed by atoms with Crippen molar-refractivity contribution in [2.24, 2.45) is 0 Å². The van der Waals surface area contributed by atoms with Gasteiger partial charge in [0, 0.05) is 52.4 Å². The molecule has 0 radical (unpaired) electrons. The van der Waals surface area contributed by atoms with Crippen molar-refractivity contribution >= 4 is 40.1 Å². The highest BCUT2D eigenvalue weighted by atomic mass is 127. The SMILES string of the molecule is CC(C)Nc1cc(C(=O)Nc2cccc(C(F)(F)F)c2)ccc1CN(C)I. The smallest absolute Gasteiger partial charge is 0.383 e. The van der Waals surface area contributed by atoms with Gasteiger partial charge in [0.1, 0.15) is 0 Å². The van der Waals surface area contributed by atoms with Crippen LogP contribution in [0.15, 0.2) is 42.5 Å². The van der Waals surface area contributed by atoms with Gasteiger partial charge in [-0.3, -0.25) is 4.79 Å². The van der Waals surface area contributed by atoms with Crippen LogP contribution >= 0.6 is 22.9 Å². The molecule has 0 bridgehead atoms. The Labute approximate surface area is 170 Å². The van der Waals surface area contributed by atoms with Gasteiger partial charge in [-0.05, 0) is 56.8 Å². The van der Waals surface area contributed by atoms with Crippen molar-refractivity contribution < 1.29 is 18.0 Å². The number of carbonyl (C=O) groups is 1. The van der Waals surface area contributed by atoms with E-state index in [2.05, 4.69) is 33.5 Å². The first kappa shape index (κ1) is 21.5. The second-order valence-corrected chi connectivity index (χ2v) is 8.11. The number of halogens is 4. The van der Waals surface area contributed by atoms with Crippen molar-refractivity contribution in [1.82, 2.24) is 3.11 Å². The van der Waals surface area contributed by atoms with Crippen molar-refractivity contribution in [3.05, 3.63) is 59.2 Å². The predicted octanol–water partition coefficient (Wildman–Crippen LogP) is 5.56. The highest BCUT2D eigenvalue weighted by Gasteiger charge is 2.30. The molecule has 0 fully saturated rings. The van der Waals surface area contributed by atoms with Crippen LogP contribution in [0.25, 0.3) is 0 Å². The van der Waals surface area contributed by atoms with Crippen LogP contribution in [0, 0.1) is 0 Å².